The standard InChI is InChI=1S/C8H10N2O2/c1-10-6-3-2-4-7(5-6)12-8(9)11/h2-5,10H,1H3,(H2,9,11). The Bertz CT molecular complexity index is 286. The second kappa shape index (κ2) is 3.61. The molecule has 0 heterocycles. The largest absolute Gasteiger partial charge is 0.410 e. The third-order valence-corrected chi connectivity index (χ3v) is 1.34. The Balaban J connectivity index is 2.79. The van der Waals surface area contributed by atoms with Gasteiger partial charge in [0.1, 0.15) is 5.75 Å². The Morgan fingerprint density at radius 2 is 2.33 bits per heavy atom. The number of rotatable bonds is 2. The molecule has 0 spiro atoms. The van der Waals surface area contributed by atoms with Gasteiger partial charge in [-0.15, -0.1) is 0 Å². The summed E-state index contributed by atoms with van der Waals surface area (Å²) in [5, 5.41) is 2.91. The molecular formula is C8H10N2O2. The van der Waals surface area contributed by atoms with Gasteiger partial charge in [0.2, 0.25) is 0 Å². The molecule has 0 aliphatic rings. The molecule has 0 aromatic heterocycles. The van der Waals surface area contributed by atoms with Gasteiger partial charge in [-0.25, -0.2) is 4.79 Å². The molecule has 0 bridgehead atoms. The molecule has 1 aromatic rings. The Labute approximate surface area is 70.3 Å². The molecule has 12 heavy (non-hydrogen) atoms. The minimum atomic E-state index is -0.803. The molecule has 0 fully saturated rings. The Morgan fingerprint density at radius 1 is 1.58 bits per heavy atom. The third kappa shape index (κ3) is 2.16. The van der Waals surface area contributed by atoms with Gasteiger partial charge in [0.05, 0.1) is 0 Å². The lowest BCUT2D eigenvalue weighted by molar-refractivity contribution is 0.211. The fourth-order valence-electron chi connectivity index (χ4n) is 0.831. The number of anilines is 1. The highest BCUT2D eigenvalue weighted by Crippen LogP contribution is 2.16. The second-order valence-electron chi connectivity index (χ2n) is 2.20. The first-order valence-corrected chi connectivity index (χ1v) is 3.47. The predicted molar refractivity (Wildman–Crippen MR) is 46.2 cm³/mol. The third-order valence-electron chi connectivity index (χ3n) is 1.34. The zero-order valence-corrected chi connectivity index (χ0v) is 6.70. The van der Waals surface area contributed by atoms with Crippen molar-refractivity contribution in [3.05, 3.63) is 24.3 Å². The van der Waals surface area contributed by atoms with Gasteiger partial charge < -0.3 is 15.8 Å². The van der Waals surface area contributed by atoms with Crippen molar-refractivity contribution in [2.24, 2.45) is 5.73 Å². The number of nitrogens with one attached hydrogen (secondary N) is 1. The van der Waals surface area contributed by atoms with Gasteiger partial charge in [-0.2, -0.15) is 0 Å². The number of carbonyl (C=O) groups excluding carboxylic acids is 1. The molecule has 0 saturated carbocycles. The van der Waals surface area contributed by atoms with Crippen LogP contribution in [0, 0.1) is 0 Å². The van der Waals surface area contributed by atoms with Gasteiger partial charge in [-0.1, -0.05) is 6.07 Å². The molecule has 0 aliphatic carbocycles. The number of hydrogen-bond acceptors (Lipinski definition) is 3. The molecule has 0 radical (unpaired) electrons. The molecule has 1 rings (SSSR count). The number of hydrogen-bond donors (Lipinski definition) is 2. The van der Waals surface area contributed by atoms with E-state index in [4.69, 9.17) is 5.73 Å². The van der Waals surface area contributed by atoms with Crippen LogP contribution in [0.25, 0.3) is 0 Å². The number of carbonyl (C=O) groups is 1. The molecule has 0 unspecified atom stereocenters. The second-order valence-corrected chi connectivity index (χ2v) is 2.20. The molecule has 0 atom stereocenters. The molecule has 1 amide bonds. The zero-order chi connectivity index (χ0) is 8.97. The summed E-state index contributed by atoms with van der Waals surface area (Å²) in [5.74, 6) is 0.439. The van der Waals surface area contributed by atoms with E-state index in [9.17, 15) is 4.79 Å². The maximum absolute atomic E-state index is 10.3. The van der Waals surface area contributed by atoms with Gasteiger partial charge >= 0.3 is 6.09 Å². The summed E-state index contributed by atoms with van der Waals surface area (Å²) in [6, 6.07) is 6.97. The van der Waals surface area contributed by atoms with E-state index in [1.165, 1.54) is 0 Å². The van der Waals surface area contributed by atoms with Crippen molar-refractivity contribution in [1.82, 2.24) is 0 Å². The smallest absolute Gasteiger partial charge is 0.409 e. The number of benzene rings is 1. The van der Waals surface area contributed by atoms with E-state index in [1.807, 2.05) is 6.07 Å². The maximum Gasteiger partial charge on any atom is 0.409 e. The highest BCUT2D eigenvalue weighted by Gasteiger charge is 1.97. The van der Waals surface area contributed by atoms with Crippen molar-refractivity contribution in [2.45, 2.75) is 0 Å². The normalized spacial score (nSPS) is 9.08. The summed E-state index contributed by atoms with van der Waals surface area (Å²) in [7, 11) is 1.78. The van der Waals surface area contributed by atoms with Gasteiger partial charge in [0.25, 0.3) is 0 Å². The van der Waals surface area contributed by atoms with Crippen LogP contribution in [-0.4, -0.2) is 13.1 Å². The summed E-state index contributed by atoms with van der Waals surface area (Å²) in [5.41, 5.74) is 5.70. The Hall–Kier alpha value is -1.71. The molecule has 0 saturated heterocycles. The summed E-state index contributed by atoms with van der Waals surface area (Å²) in [6.45, 7) is 0. The fraction of sp³-hybridized carbons (Fsp3) is 0.125. The van der Waals surface area contributed by atoms with Crippen molar-refractivity contribution in [1.29, 1.82) is 0 Å². The fourth-order valence-corrected chi connectivity index (χ4v) is 0.831. The minimum absolute atomic E-state index is 0.439. The van der Waals surface area contributed by atoms with Gasteiger partial charge in [0, 0.05) is 18.8 Å². The summed E-state index contributed by atoms with van der Waals surface area (Å²) >= 11 is 0. The topological polar surface area (TPSA) is 64.3 Å². The number of amides is 1. The van der Waals surface area contributed by atoms with Crippen LogP contribution in [0.15, 0.2) is 24.3 Å². The van der Waals surface area contributed by atoms with Crippen molar-refractivity contribution in [3.63, 3.8) is 0 Å². The average Bonchev–Trinajstić information content (AvgIpc) is 2.03. The van der Waals surface area contributed by atoms with Crippen molar-refractivity contribution in [3.8, 4) is 5.75 Å². The van der Waals surface area contributed by atoms with Crippen molar-refractivity contribution in [2.75, 3.05) is 12.4 Å². The van der Waals surface area contributed by atoms with Crippen LogP contribution in [-0.2, 0) is 0 Å². The van der Waals surface area contributed by atoms with Crippen LogP contribution in [0.2, 0.25) is 0 Å². The van der Waals surface area contributed by atoms with Crippen LogP contribution in [0.5, 0.6) is 5.75 Å². The van der Waals surface area contributed by atoms with Crippen LogP contribution >= 0.6 is 0 Å². The van der Waals surface area contributed by atoms with E-state index >= 15 is 0 Å². The number of nitrogens with two attached hydrogens (primary N) is 1. The lowest BCUT2D eigenvalue weighted by atomic mass is 10.3. The van der Waals surface area contributed by atoms with E-state index in [0.29, 0.717) is 5.75 Å². The number of ether oxygens (including phenoxy) is 1. The lowest BCUT2D eigenvalue weighted by Gasteiger charge is -2.02. The van der Waals surface area contributed by atoms with E-state index in [-0.39, 0.29) is 0 Å². The van der Waals surface area contributed by atoms with Crippen molar-refractivity contribution < 1.29 is 9.53 Å². The molecule has 64 valence electrons. The maximum atomic E-state index is 10.3. The molecule has 4 nitrogen and oxygen atoms in total. The lowest BCUT2D eigenvalue weighted by Crippen LogP contribution is -2.16. The van der Waals surface area contributed by atoms with Crippen LogP contribution in [0.4, 0.5) is 10.5 Å². The monoisotopic (exact) mass is 166 g/mol. The van der Waals surface area contributed by atoms with Crippen molar-refractivity contribution >= 4 is 11.8 Å². The van der Waals surface area contributed by atoms with E-state index in [1.54, 1.807) is 25.2 Å². The molecular weight excluding hydrogens is 156 g/mol. The quantitative estimate of drug-likeness (QED) is 0.693. The molecule has 0 aliphatic heterocycles. The summed E-state index contributed by atoms with van der Waals surface area (Å²) in [4.78, 5) is 10.3. The Morgan fingerprint density at radius 3 is 2.92 bits per heavy atom. The predicted octanol–water partition coefficient (Wildman–Crippen LogP) is 1.19. The SMILES string of the molecule is CNc1cccc(OC(N)=O)c1. The first-order valence-electron chi connectivity index (χ1n) is 3.47. The molecule has 3 N–H and O–H groups in total. The summed E-state index contributed by atoms with van der Waals surface area (Å²) in [6.07, 6.45) is -0.803. The van der Waals surface area contributed by atoms with E-state index in [2.05, 4.69) is 10.1 Å². The zero-order valence-electron chi connectivity index (χ0n) is 6.70. The summed E-state index contributed by atoms with van der Waals surface area (Å²) < 4.78 is 4.66. The van der Waals surface area contributed by atoms with Crippen LogP contribution in [0.1, 0.15) is 0 Å². The Kier molecular flexibility index (Phi) is 2.53. The van der Waals surface area contributed by atoms with E-state index in [0.717, 1.165) is 5.69 Å². The first kappa shape index (κ1) is 8.39. The number of primary amides is 1. The van der Waals surface area contributed by atoms with Gasteiger partial charge in [-0.05, 0) is 12.1 Å². The highest BCUT2D eigenvalue weighted by atomic mass is 16.5. The highest BCUT2D eigenvalue weighted by molar-refractivity contribution is 5.68. The van der Waals surface area contributed by atoms with Crippen LogP contribution in [0.3, 0.4) is 0 Å². The van der Waals surface area contributed by atoms with Gasteiger partial charge in [0.15, 0.2) is 0 Å². The first-order chi connectivity index (χ1) is 5.72. The average molecular weight is 166 g/mol. The molecule has 1 aromatic carbocycles. The van der Waals surface area contributed by atoms with E-state index < -0.39 is 6.09 Å². The van der Waals surface area contributed by atoms with Crippen LogP contribution < -0.4 is 15.8 Å². The minimum Gasteiger partial charge on any atom is -0.410 e. The molecule has 4 heteroatoms. The van der Waals surface area contributed by atoms with Gasteiger partial charge in [-0.3, -0.25) is 0 Å².